The van der Waals surface area contributed by atoms with E-state index < -0.39 is 12.1 Å². The first-order valence-electron chi connectivity index (χ1n) is 2.92. The minimum atomic E-state index is -1.61. The van der Waals surface area contributed by atoms with Gasteiger partial charge in [-0.05, 0) is 28.1 Å². The Morgan fingerprint density at radius 3 is 2.45 bits per heavy atom. The number of hydrogen-bond acceptors (Lipinski definition) is 2. The van der Waals surface area contributed by atoms with Crippen molar-refractivity contribution in [3.05, 3.63) is 34.1 Å². The molecule has 0 amide bonds. The van der Waals surface area contributed by atoms with E-state index in [2.05, 4.69) is 15.9 Å². The average molecular weight is 221 g/mol. The Hall–Kier alpha value is -0.450. The van der Waals surface area contributed by atoms with Gasteiger partial charge < -0.3 is 10.2 Å². The van der Waals surface area contributed by atoms with Crippen LogP contribution in [0.2, 0.25) is 0 Å². The van der Waals surface area contributed by atoms with Gasteiger partial charge in [0, 0.05) is 5.56 Å². The van der Waals surface area contributed by atoms with Crippen LogP contribution in [0.1, 0.15) is 11.9 Å². The molecule has 0 aliphatic rings. The van der Waals surface area contributed by atoms with Crippen LogP contribution in [0.15, 0.2) is 22.7 Å². The molecule has 0 spiro atoms. The van der Waals surface area contributed by atoms with Gasteiger partial charge in [0.2, 0.25) is 0 Å². The Bertz CT molecular complexity index is 263. The number of aliphatic hydroxyl groups is 2. The van der Waals surface area contributed by atoms with Crippen molar-refractivity contribution in [3.8, 4) is 0 Å². The first-order valence-corrected chi connectivity index (χ1v) is 3.71. The molecule has 0 saturated heterocycles. The second kappa shape index (κ2) is 3.30. The van der Waals surface area contributed by atoms with Crippen LogP contribution in [0, 0.1) is 5.82 Å². The monoisotopic (exact) mass is 220 g/mol. The van der Waals surface area contributed by atoms with Gasteiger partial charge >= 0.3 is 0 Å². The molecule has 0 aromatic heterocycles. The zero-order chi connectivity index (χ0) is 8.43. The molecular weight excluding hydrogens is 215 g/mol. The second-order valence-corrected chi connectivity index (χ2v) is 2.90. The molecule has 1 aromatic rings. The molecule has 0 aliphatic heterocycles. The number of rotatable bonds is 1. The number of halogens is 2. The van der Waals surface area contributed by atoms with Crippen molar-refractivity contribution in [3.63, 3.8) is 0 Å². The molecule has 4 heteroatoms. The van der Waals surface area contributed by atoms with E-state index in [1.165, 1.54) is 12.1 Å². The van der Waals surface area contributed by atoms with Crippen molar-refractivity contribution < 1.29 is 14.6 Å². The summed E-state index contributed by atoms with van der Waals surface area (Å²) in [6, 6.07) is 3.91. The molecule has 0 fully saturated rings. The van der Waals surface area contributed by atoms with Gasteiger partial charge in [-0.15, -0.1) is 0 Å². The number of aliphatic hydroxyl groups excluding tert-OH is 1. The first-order chi connectivity index (χ1) is 5.11. The van der Waals surface area contributed by atoms with Crippen LogP contribution in [0.3, 0.4) is 0 Å². The zero-order valence-corrected chi connectivity index (χ0v) is 7.05. The van der Waals surface area contributed by atoms with Crippen LogP contribution in [-0.4, -0.2) is 10.2 Å². The van der Waals surface area contributed by atoms with Crippen molar-refractivity contribution in [1.29, 1.82) is 0 Å². The quantitative estimate of drug-likeness (QED) is 0.706. The molecule has 2 N–H and O–H groups in total. The van der Waals surface area contributed by atoms with Gasteiger partial charge in [-0.3, -0.25) is 0 Å². The summed E-state index contributed by atoms with van der Waals surface area (Å²) in [7, 11) is 0. The summed E-state index contributed by atoms with van der Waals surface area (Å²) in [6.07, 6.45) is -1.61. The molecule has 0 aliphatic carbocycles. The maximum atomic E-state index is 12.7. The zero-order valence-electron chi connectivity index (χ0n) is 5.46. The van der Waals surface area contributed by atoms with Gasteiger partial charge in [-0.2, -0.15) is 0 Å². The number of hydrogen-bond donors (Lipinski definition) is 2. The van der Waals surface area contributed by atoms with Crippen molar-refractivity contribution in [2.45, 2.75) is 6.29 Å². The minimum absolute atomic E-state index is 0.144. The predicted molar refractivity (Wildman–Crippen MR) is 41.3 cm³/mol. The smallest absolute Gasteiger partial charge is 0.178 e. The Balaban J connectivity index is 3.05. The minimum Gasteiger partial charge on any atom is -0.364 e. The molecule has 0 unspecified atom stereocenters. The van der Waals surface area contributed by atoms with Gasteiger partial charge in [-0.1, -0.05) is 6.07 Å². The Labute approximate surface area is 71.4 Å². The molecule has 0 atom stereocenters. The van der Waals surface area contributed by atoms with Crippen LogP contribution in [0.4, 0.5) is 4.39 Å². The average Bonchev–Trinajstić information content (AvgIpc) is 1.94. The summed E-state index contributed by atoms with van der Waals surface area (Å²) in [5, 5.41) is 17.2. The van der Waals surface area contributed by atoms with Crippen LogP contribution in [0.25, 0.3) is 0 Å². The lowest BCUT2D eigenvalue weighted by atomic mass is 10.2. The van der Waals surface area contributed by atoms with Crippen LogP contribution in [0.5, 0.6) is 0 Å². The van der Waals surface area contributed by atoms with Crippen molar-refractivity contribution in [2.24, 2.45) is 0 Å². The molecule has 11 heavy (non-hydrogen) atoms. The third-order valence-corrected chi connectivity index (χ3v) is 1.88. The van der Waals surface area contributed by atoms with E-state index in [9.17, 15) is 4.39 Å². The van der Waals surface area contributed by atoms with Gasteiger partial charge in [0.25, 0.3) is 0 Å². The van der Waals surface area contributed by atoms with Crippen molar-refractivity contribution in [1.82, 2.24) is 0 Å². The lowest BCUT2D eigenvalue weighted by Crippen LogP contribution is -1.95. The maximum Gasteiger partial charge on any atom is 0.178 e. The lowest BCUT2D eigenvalue weighted by molar-refractivity contribution is -0.0427. The summed E-state index contributed by atoms with van der Waals surface area (Å²) in [5.74, 6) is -0.504. The molecule has 0 bridgehead atoms. The van der Waals surface area contributed by atoms with E-state index in [-0.39, 0.29) is 5.56 Å². The Morgan fingerprint density at radius 1 is 1.36 bits per heavy atom. The summed E-state index contributed by atoms with van der Waals surface area (Å²) in [4.78, 5) is 0. The molecule has 2 nitrogen and oxygen atoms in total. The summed E-state index contributed by atoms with van der Waals surface area (Å²) in [5.41, 5.74) is 0.144. The highest BCUT2D eigenvalue weighted by Crippen LogP contribution is 2.19. The van der Waals surface area contributed by atoms with E-state index in [4.69, 9.17) is 10.2 Å². The number of benzene rings is 1. The Kier molecular flexibility index (Phi) is 2.59. The van der Waals surface area contributed by atoms with E-state index >= 15 is 0 Å². The highest BCUT2D eigenvalue weighted by molar-refractivity contribution is 9.10. The summed E-state index contributed by atoms with van der Waals surface area (Å²) >= 11 is 2.94. The van der Waals surface area contributed by atoms with Crippen molar-refractivity contribution >= 4 is 15.9 Å². The van der Waals surface area contributed by atoms with E-state index in [0.29, 0.717) is 4.47 Å². The third kappa shape index (κ3) is 1.99. The van der Waals surface area contributed by atoms with E-state index in [1.54, 1.807) is 0 Å². The molecule has 60 valence electrons. The van der Waals surface area contributed by atoms with Crippen molar-refractivity contribution in [2.75, 3.05) is 0 Å². The van der Waals surface area contributed by atoms with E-state index in [1.807, 2.05) is 0 Å². The standard InChI is InChI=1S/C7H6BrFO2/c8-5-2-1-4(7(10)11)3-6(5)9/h1-3,7,10-11H. The van der Waals surface area contributed by atoms with Crippen LogP contribution >= 0.6 is 15.9 Å². The Morgan fingerprint density at radius 2 is 2.00 bits per heavy atom. The summed E-state index contributed by atoms with van der Waals surface area (Å²) in [6.45, 7) is 0. The van der Waals surface area contributed by atoms with Gasteiger partial charge in [-0.25, -0.2) is 4.39 Å². The topological polar surface area (TPSA) is 40.5 Å². The van der Waals surface area contributed by atoms with Gasteiger partial charge in [0.15, 0.2) is 6.29 Å². The predicted octanol–water partition coefficient (Wildman–Crippen LogP) is 1.57. The summed E-state index contributed by atoms with van der Waals surface area (Å²) < 4.78 is 13.0. The molecule has 0 radical (unpaired) electrons. The highest BCUT2D eigenvalue weighted by Gasteiger charge is 2.05. The lowest BCUT2D eigenvalue weighted by Gasteiger charge is -2.03. The molecule has 1 aromatic carbocycles. The highest BCUT2D eigenvalue weighted by atomic mass is 79.9. The first kappa shape index (κ1) is 8.64. The van der Waals surface area contributed by atoms with Gasteiger partial charge in [0.1, 0.15) is 5.82 Å². The fourth-order valence-corrected chi connectivity index (χ4v) is 0.920. The van der Waals surface area contributed by atoms with Gasteiger partial charge in [0.05, 0.1) is 4.47 Å². The fourth-order valence-electron chi connectivity index (χ4n) is 0.673. The van der Waals surface area contributed by atoms with Crippen LogP contribution < -0.4 is 0 Å². The second-order valence-electron chi connectivity index (χ2n) is 2.05. The maximum absolute atomic E-state index is 12.7. The SMILES string of the molecule is OC(O)c1ccc(Br)c(F)c1. The molecule has 0 saturated carbocycles. The molecular formula is C7H6BrFO2. The molecule has 0 heterocycles. The molecule has 1 rings (SSSR count). The fraction of sp³-hybridized carbons (Fsp3) is 0.143. The normalized spacial score (nSPS) is 10.6. The largest absolute Gasteiger partial charge is 0.364 e. The van der Waals surface area contributed by atoms with E-state index in [0.717, 1.165) is 6.07 Å². The third-order valence-electron chi connectivity index (χ3n) is 1.24. The van der Waals surface area contributed by atoms with Crippen LogP contribution in [-0.2, 0) is 0 Å².